The maximum absolute atomic E-state index is 12.3. The molecule has 1 aromatic rings. The van der Waals surface area contributed by atoms with Gasteiger partial charge in [-0.25, -0.2) is 8.42 Å². The highest BCUT2D eigenvalue weighted by molar-refractivity contribution is 7.89. The number of β-amino-alcohol motifs (C(OH)–C–C–N with tert-alkyl or cyclic N) is 1. The zero-order valence-corrected chi connectivity index (χ0v) is 11.3. The van der Waals surface area contributed by atoms with Crippen LogP contribution in [0.4, 0.5) is 0 Å². The average Bonchev–Trinajstić information content (AvgIpc) is 2.76. The van der Waals surface area contributed by atoms with Crippen LogP contribution in [0.3, 0.4) is 0 Å². The summed E-state index contributed by atoms with van der Waals surface area (Å²) >= 11 is 0. The van der Waals surface area contributed by atoms with Crippen molar-refractivity contribution in [2.45, 2.75) is 24.3 Å². The van der Waals surface area contributed by atoms with E-state index in [-0.39, 0.29) is 11.4 Å². The molecule has 0 bridgehead atoms. The lowest BCUT2D eigenvalue weighted by molar-refractivity contribution is 0.189. The fourth-order valence-corrected chi connectivity index (χ4v) is 3.67. The SMILES string of the molecule is COc1ccc(S(=O)(=O)N2CC[C@@H](O)C2)cc1C. The number of aliphatic hydroxyl groups excluding tert-OH is 1. The van der Waals surface area contributed by atoms with Crippen LogP contribution in [0.2, 0.25) is 0 Å². The number of nitrogens with zero attached hydrogens (tertiary/aromatic N) is 1. The van der Waals surface area contributed by atoms with Gasteiger partial charge < -0.3 is 9.84 Å². The van der Waals surface area contributed by atoms with Crippen molar-refractivity contribution in [3.05, 3.63) is 23.8 Å². The van der Waals surface area contributed by atoms with Gasteiger partial charge in [0, 0.05) is 13.1 Å². The summed E-state index contributed by atoms with van der Waals surface area (Å²) in [6, 6.07) is 4.78. The molecule has 1 aliphatic heterocycles. The zero-order valence-electron chi connectivity index (χ0n) is 10.5. The van der Waals surface area contributed by atoms with Gasteiger partial charge in [0.25, 0.3) is 0 Å². The first-order valence-corrected chi connectivity index (χ1v) is 7.22. The Morgan fingerprint density at radius 1 is 1.44 bits per heavy atom. The third-order valence-corrected chi connectivity index (χ3v) is 4.99. The Hall–Kier alpha value is -1.11. The van der Waals surface area contributed by atoms with Gasteiger partial charge in [-0.15, -0.1) is 0 Å². The third-order valence-electron chi connectivity index (χ3n) is 3.13. The van der Waals surface area contributed by atoms with Gasteiger partial charge in [-0.3, -0.25) is 0 Å². The van der Waals surface area contributed by atoms with Gasteiger partial charge in [0.05, 0.1) is 18.1 Å². The largest absolute Gasteiger partial charge is 0.496 e. The normalized spacial score (nSPS) is 21.2. The van der Waals surface area contributed by atoms with Crippen molar-refractivity contribution in [3.8, 4) is 5.75 Å². The van der Waals surface area contributed by atoms with E-state index in [1.165, 1.54) is 10.4 Å². The number of hydrogen-bond donors (Lipinski definition) is 1. The van der Waals surface area contributed by atoms with Crippen molar-refractivity contribution in [1.82, 2.24) is 4.31 Å². The van der Waals surface area contributed by atoms with E-state index in [1.54, 1.807) is 26.2 Å². The number of rotatable bonds is 3. The summed E-state index contributed by atoms with van der Waals surface area (Å²) < 4.78 is 31.0. The summed E-state index contributed by atoms with van der Waals surface area (Å²) in [5, 5.41) is 9.42. The van der Waals surface area contributed by atoms with E-state index < -0.39 is 16.1 Å². The summed E-state index contributed by atoms with van der Waals surface area (Å²) in [5.41, 5.74) is 0.776. The Morgan fingerprint density at radius 2 is 2.17 bits per heavy atom. The van der Waals surface area contributed by atoms with Gasteiger partial charge in [0.15, 0.2) is 0 Å². The quantitative estimate of drug-likeness (QED) is 0.881. The molecule has 1 N–H and O–H groups in total. The molecule has 0 unspecified atom stereocenters. The molecule has 1 aromatic carbocycles. The van der Waals surface area contributed by atoms with Crippen LogP contribution in [-0.4, -0.2) is 44.1 Å². The highest BCUT2D eigenvalue weighted by Crippen LogP contribution is 2.25. The van der Waals surface area contributed by atoms with E-state index in [9.17, 15) is 13.5 Å². The minimum atomic E-state index is -3.50. The van der Waals surface area contributed by atoms with Crippen LogP contribution >= 0.6 is 0 Å². The van der Waals surface area contributed by atoms with Crippen LogP contribution in [0.25, 0.3) is 0 Å². The number of sulfonamides is 1. The lowest BCUT2D eigenvalue weighted by atomic mass is 10.2. The van der Waals surface area contributed by atoms with Gasteiger partial charge in [0.2, 0.25) is 10.0 Å². The molecule has 0 aromatic heterocycles. The van der Waals surface area contributed by atoms with Crippen LogP contribution < -0.4 is 4.74 Å². The van der Waals surface area contributed by atoms with Gasteiger partial charge >= 0.3 is 0 Å². The number of aliphatic hydroxyl groups is 1. The molecule has 1 atom stereocenters. The number of methoxy groups -OCH3 is 1. The Bertz CT molecular complexity index is 541. The van der Waals surface area contributed by atoms with Gasteiger partial charge in [-0.1, -0.05) is 0 Å². The van der Waals surface area contributed by atoms with Crippen molar-refractivity contribution >= 4 is 10.0 Å². The summed E-state index contributed by atoms with van der Waals surface area (Å²) in [6.45, 7) is 2.35. The first-order chi connectivity index (χ1) is 8.45. The van der Waals surface area contributed by atoms with Crippen molar-refractivity contribution in [2.24, 2.45) is 0 Å². The van der Waals surface area contributed by atoms with Crippen molar-refractivity contribution in [1.29, 1.82) is 0 Å². The summed E-state index contributed by atoms with van der Waals surface area (Å²) in [4.78, 5) is 0.245. The molecule has 2 rings (SSSR count). The average molecular weight is 271 g/mol. The Morgan fingerprint density at radius 3 is 2.67 bits per heavy atom. The molecule has 1 aliphatic rings. The molecule has 1 fully saturated rings. The molecule has 5 nitrogen and oxygen atoms in total. The minimum Gasteiger partial charge on any atom is -0.496 e. The zero-order chi connectivity index (χ0) is 13.3. The Balaban J connectivity index is 2.33. The van der Waals surface area contributed by atoms with Crippen LogP contribution in [0, 0.1) is 6.92 Å². The molecule has 0 spiro atoms. The smallest absolute Gasteiger partial charge is 0.243 e. The third kappa shape index (κ3) is 2.36. The molecule has 6 heteroatoms. The number of hydrogen-bond acceptors (Lipinski definition) is 4. The fraction of sp³-hybridized carbons (Fsp3) is 0.500. The lowest BCUT2D eigenvalue weighted by Gasteiger charge is -2.16. The number of benzene rings is 1. The second-order valence-corrected chi connectivity index (χ2v) is 6.37. The van der Waals surface area contributed by atoms with Gasteiger partial charge in [-0.05, 0) is 37.1 Å². The molecule has 0 saturated carbocycles. The van der Waals surface area contributed by atoms with E-state index in [1.807, 2.05) is 0 Å². The Labute approximate surface area is 107 Å². The Kier molecular flexibility index (Phi) is 3.61. The predicted molar refractivity (Wildman–Crippen MR) is 67.1 cm³/mol. The molecular weight excluding hydrogens is 254 g/mol. The van der Waals surface area contributed by atoms with E-state index >= 15 is 0 Å². The maximum atomic E-state index is 12.3. The second-order valence-electron chi connectivity index (χ2n) is 4.44. The molecule has 100 valence electrons. The number of ether oxygens (including phenoxy) is 1. The van der Waals surface area contributed by atoms with Crippen LogP contribution in [0.1, 0.15) is 12.0 Å². The number of aryl methyl sites for hydroxylation is 1. The topological polar surface area (TPSA) is 66.8 Å². The lowest BCUT2D eigenvalue weighted by Crippen LogP contribution is -2.29. The van der Waals surface area contributed by atoms with Crippen molar-refractivity contribution < 1.29 is 18.3 Å². The first-order valence-electron chi connectivity index (χ1n) is 5.78. The van der Waals surface area contributed by atoms with Crippen molar-refractivity contribution in [3.63, 3.8) is 0 Å². The molecular formula is C12H17NO4S. The monoisotopic (exact) mass is 271 g/mol. The molecule has 18 heavy (non-hydrogen) atoms. The standard InChI is InChI=1S/C12H17NO4S/c1-9-7-11(3-4-12(9)17-2)18(15,16)13-6-5-10(14)8-13/h3-4,7,10,14H,5-6,8H2,1-2H3/t10-/m1/s1. The highest BCUT2D eigenvalue weighted by atomic mass is 32.2. The van der Waals surface area contributed by atoms with Gasteiger partial charge in [-0.2, -0.15) is 4.31 Å². The molecule has 1 heterocycles. The van der Waals surface area contributed by atoms with Crippen LogP contribution in [0.15, 0.2) is 23.1 Å². The first kappa shape index (κ1) is 13.3. The fourth-order valence-electron chi connectivity index (χ4n) is 2.09. The minimum absolute atomic E-state index is 0.174. The highest BCUT2D eigenvalue weighted by Gasteiger charge is 2.31. The van der Waals surface area contributed by atoms with E-state index in [2.05, 4.69) is 0 Å². The van der Waals surface area contributed by atoms with E-state index in [0.29, 0.717) is 18.7 Å². The van der Waals surface area contributed by atoms with Crippen LogP contribution in [-0.2, 0) is 10.0 Å². The van der Waals surface area contributed by atoms with E-state index in [4.69, 9.17) is 4.74 Å². The molecule has 1 saturated heterocycles. The summed E-state index contributed by atoms with van der Waals surface area (Å²) in [6.07, 6.45) is -0.0620. The molecule has 0 radical (unpaired) electrons. The summed E-state index contributed by atoms with van der Waals surface area (Å²) in [5.74, 6) is 0.662. The maximum Gasteiger partial charge on any atom is 0.243 e. The van der Waals surface area contributed by atoms with Gasteiger partial charge in [0.1, 0.15) is 5.75 Å². The van der Waals surface area contributed by atoms with Crippen LogP contribution in [0.5, 0.6) is 5.75 Å². The predicted octanol–water partition coefficient (Wildman–Crippen LogP) is 0.759. The van der Waals surface area contributed by atoms with E-state index in [0.717, 1.165) is 5.56 Å². The summed E-state index contributed by atoms with van der Waals surface area (Å²) in [7, 11) is -1.95. The van der Waals surface area contributed by atoms with Crippen molar-refractivity contribution in [2.75, 3.05) is 20.2 Å². The molecule has 0 amide bonds. The molecule has 0 aliphatic carbocycles. The second kappa shape index (κ2) is 4.87.